The van der Waals surface area contributed by atoms with Crippen LogP contribution >= 0.6 is 11.3 Å². The molecule has 3 rings (SSSR count). The van der Waals surface area contributed by atoms with E-state index in [2.05, 4.69) is 15.3 Å². The maximum absolute atomic E-state index is 13.2. The van der Waals surface area contributed by atoms with Gasteiger partial charge in [-0.1, -0.05) is 11.3 Å². The molecule has 0 bridgehead atoms. The Kier molecular flexibility index (Phi) is 8.24. The normalized spacial score (nSPS) is 21.3. The van der Waals surface area contributed by atoms with Gasteiger partial charge >= 0.3 is 22.8 Å². The highest BCUT2D eigenvalue weighted by molar-refractivity contribution is 7.16. The Labute approximate surface area is 208 Å². The fourth-order valence-corrected chi connectivity index (χ4v) is 4.42. The second-order valence-electron chi connectivity index (χ2n) is 8.11. The number of nitrogens with zero attached hydrogens (tertiary/aromatic N) is 3. The van der Waals surface area contributed by atoms with E-state index in [9.17, 15) is 24.0 Å². The van der Waals surface area contributed by atoms with Gasteiger partial charge in [-0.05, 0) is 13.8 Å². The molecule has 1 saturated heterocycles. The summed E-state index contributed by atoms with van der Waals surface area (Å²) >= 11 is 0.748. The highest BCUT2D eigenvalue weighted by atomic mass is 32.1. The fourth-order valence-electron chi connectivity index (χ4n) is 3.54. The zero-order valence-electron chi connectivity index (χ0n) is 20.4. The van der Waals surface area contributed by atoms with Crippen molar-refractivity contribution in [1.82, 2.24) is 14.5 Å². The molecule has 1 aliphatic heterocycles. The van der Waals surface area contributed by atoms with Crippen LogP contribution in [0.2, 0.25) is 0 Å². The van der Waals surface area contributed by atoms with Crippen LogP contribution < -0.4 is 14.9 Å². The molecule has 15 heteroatoms. The quantitative estimate of drug-likeness (QED) is 0.381. The molecule has 0 spiro atoms. The maximum Gasteiger partial charge on any atom is 0.311 e. The Morgan fingerprint density at radius 3 is 2.22 bits per heavy atom. The number of hydrogen-bond donors (Lipinski definition) is 1. The van der Waals surface area contributed by atoms with Crippen LogP contribution in [0.3, 0.4) is 0 Å². The van der Waals surface area contributed by atoms with Crippen molar-refractivity contribution in [3.8, 4) is 5.88 Å². The zero-order valence-corrected chi connectivity index (χ0v) is 21.2. The van der Waals surface area contributed by atoms with Crippen LogP contribution in [0, 0.1) is 0 Å². The van der Waals surface area contributed by atoms with Gasteiger partial charge in [0.2, 0.25) is 17.7 Å². The summed E-state index contributed by atoms with van der Waals surface area (Å²) in [7, 11) is 0. The average Bonchev–Trinajstić information content (AvgIpc) is 3.22. The van der Waals surface area contributed by atoms with E-state index in [1.807, 2.05) is 0 Å². The largest absolute Gasteiger partial charge is 0.474 e. The molecule has 2 aromatic heterocycles. The van der Waals surface area contributed by atoms with Gasteiger partial charge in [0.1, 0.15) is 17.4 Å². The van der Waals surface area contributed by atoms with Crippen LogP contribution in [0.1, 0.15) is 47.8 Å². The summed E-state index contributed by atoms with van der Waals surface area (Å²) in [5.74, 6) is -2.60. The standard InChI is InChI=1S/C21H26N4O10S/c1-8(2)32-18-16-17(23-20(24-18)22-9(3)26)25(21(30)36-16)19-15(34-12(6)29)14(33-11(5)28)13(35-19)7-31-10(4)27/h8,13-15,19H,7H2,1-6H3,(H,22,23,24,26)/t13-,14-,15-,19-/m1/s1. The predicted octanol–water partition coefficient (Wildman–Crippen LogP) is 0.922. The lowest BCUT2D eigenvalue weighted by Crippen LogP contribution is -2.41. The Bertz CT molecular complexity index is 1240. The van der Waals surface area contributed by atoms with E-state index in [-0.39, 0.29) is 34.9 Å². The van der Waals surface area contributed by atoms with Crippen LogP contribution in [-0.4, -0.2) is 69.4 Å². The van der Waals surface area contributed by atoms with Gasteiger partial charge in [0.05, 0.1) is 6.10 Å². The molecule has 1 fully saturated rings. The van der Waals surface area contributed by atoms with Crippen LogP contribution in [0.15, 0.2) is 4.79 Å². The summed E-state index contributed by atoms with van der Waals surface area (Å²) in [6, 6.07) is 0. The molecule has 0 saturated carbocycles. The first-order chi connectivity index (χ1) is 16.9. The first kappa shape index (κ1) is 27.0. The fraction of sp³-hybridized carbons (Fsp3) is 0.571. The molecule has 4 atom stereocenters. The summed E-state index contributed by atoms with van der Waals surface area (Å²) in [5, 5.41) is 2.45. The molecule has 1 aliphatic rings. The molecule has 196 valence electrons. The number of carbonyl (C=O) groups is 4. The Morgan fingerprint density at radius 2 is 1.67 bits per heavy atom. The summed E-state index contributed by atoms with van der Waals surface area (Å²) in [6.07, 6.45) is -5.22. The third-order valence-corrected chi connectivity index (χ3v) is 5.59. The third-order valence-electron chi connectivity index (χ3n) is 4.66. The molecule has 0 aliphatic carbocycles. The highest BCUT2D eigenvalue weighted by Crippen LogP contribution is 2.37. The number of thiazole rings is 1. The number of carbonyl (C=O) groups excluding carboxylic acids is 4. The lowest BCUT2D eigenvalue weighted by molar-refractivity contribution is -0.166. The predicted molar refractivity (Wildman–Crippen MR) is 123 cm³/mol. The Hall–Kier alpha value is -3.59. The van der Waals surface area contributed by atoms with E-state index in [0.29, 0.717) is 0 Å². The third kappa shape index (κ3) is 6.15. The van der Waals surface area contributed by atoms with Gasteiger partial charge in [-0.2, -0.15) is 9.97 Å². The SMILES string of the molecule is CC(=O)Nc1nc(OC(C)C)c2sc(=O)n([C@@H]3O[C@H](COC(C)=O)[C@@H](OC(C)=O)[C@H]3OC(C)=O)c2n1. The van der Waals surface area contributed by atoms with Gasteiger partial charge in [-0.15, -0.1) is 0 Å². The number of fused-ring (bicyclic) bond motifs is 1. The average molecular weight is 527 g/mol. The van der Waals surface area contributed by atoms with Gasteiger partial charge in [-0.3, -0.25) is 33.9 Å². The number of amides is 1. The van der Waals surface area contributed by atoms with Crippen LogP contribution in [0.4, 0.5) is 5.95 Å². The van der Waals surface area contributed by atoms with Crippen LogP contribution in [0.25, 0.3) is 10.3 Å². The number of hydrogen-bond acceptors (Lipinski definition) is 13. The van der Waals surface area contributed by atoms with E-state index in [1.165, 1.54) is 13.8 Å². The number of nitrogens with one attached hydrogen (secondary N) is 1. The molecular weight excluding hydrogens is 500 g/mol. The monoisotopic (exact) mass is 526 g/mol. The number of esters is 3. The van der Waals surface area contributed by atoms with Crippen molar-refractivity contribution in [2.45, 2.75) is 72.2 Å². The van der Waals surface area contributed by atoms with Gasteiger partial charge in [0, 0.05) is 27.7 Å². The van der Waals surface area contributed by atoms with Crippen molar-refractivity contribution in [2.75, 3.05) is 11.9 Å². The second-order valence-corrected chi connectivity index (χ2v) is 9.07. The van der Waals surface area contributed by atoms with Gasteiger partial charge < -0.3 is 23.7 Å². The zero-order chi connectivity index (χ0) is 26.7. The first-order valence-electron chi connectivity index (χ1n) is 10.9. The van der Waals surface area contributed by atoms with E-state index in [4.69, 9.17) is 23.7 Å². The summed E-state index contributed by atoms with van der Waals surface area (Å²) in [6.45, 7) is 7.91. The topological polar surface area (TPSA) is 174 Å². The summed E-state index contributed by atoms with van der Waals surface area (Å²) in [4.78, 5) is 67.9. The minimum atomic E-state index is -1.33. The van der Waals surface area contributed by atoms with E-state index in [1.54, 1.807) is 13.8 Å². The van der Waals surface area contributed by atoms with Crippen molar-refractivity contribution in [2.24, 2.45) is 0 Å². The molecule has 3 heterocycles. The number of rotatable bonds is 8. The molecule has 14 nitrogen and oxygen atoms in total. The van der Waals surface area contributed by atoms with Crippen LogP contribution in [-0.2, 0) is 38.1 Å². The smallest absolute Gasteiger partial charge is 0.311 e. The van der Waals surface area contributed by atoms with Gasteiger partial charge in [0.15, 0.2) is 24.1 Å². The van der Waals surface area contributed by atoms with Crippen molar-refractivity contribution < 1.29 is 42.9 Å². The molecular formula is C21H26N4O10S. The van der Waals surface area contributed by atoms with E-state index < -0.39 is 53.2 Å². The molecule has 2 aromatic rings. The first-order valence-corrected chi connectivity index (χ1v) is 11.7. The van der Waals surface area contributed by atoms with Crippen molar-refractivity contribution in [1.29, 1.82) is 0 Å². The Morgan fingerprint density at radius 1 is 1.03 bits per heavy atom. The van der Waals surface area contributed by atoms with Crippen molar-refractivity contribution in [3.63, 3.8) is 0 Å². The van der Waals surface area contributed by atoms with E-state index >= 15 is 0 Å². The minimum absolute atomic E-state index is 0.0243. The number of aromatic nitrogens is 3. The molecule has 0 aromatic carbocycles. The Balaban J connectivity index is 2.19. The van der Waals surface area contributed by atoms with Crippen molar-refractivity contribution in [3.05, 3.63) is 9.67 Å². The molecule has 36 heavy (non-hydrogen) atoms. The van der Waals surface area contributed by atoms with Crippen LogP contribution in [0.5, 0.6) is 5.88 Å². The van der Waals surface area contributed by atoms with E-state index in [0.717, 1.165) is 29.8 Å². The minimum Gasteiger partial charge on any atom is -0.474 e. The number of anilines is 1. The summed E-state index contributed by atoms with van der Waals surface area (Å²) in [5.41, 5.74) is 0.0243. The number of ether oxygens (including phenoxy) is 5. The van der Waals surface area contributed by atoms with Crippen molar-refractivity contribution >= 4 is 51.4 Å². The summed E-state index contributed by atoms with van der Waals surface area (Å²) < 4.78 is 28.8. The lowest BCUT2D eigenvalue weighted by atomic mass is 10.1. The lowest BCUT2D eigenvalue weighted by Gasteiger charge is -2.23. The molecule has 0 radical (unpaired) electrons. The maximum atomic E-state index is 13.2. The molecule has 1 amide bonds. The molecule has 1 N–H and O–H groups in total. The molecule has 0 unspecified atom stereocenters. The van der Waals surface area contributed by atoms with Gasteiger partial charge in [-0.25, -0.2) is 0 Å². The van der Waals surface area contributed by atoms with Gasteiger partial charge in [0.25, 0.3) is 0 Å². The highest BCUT2D eigenvalue weighted by Gasteiger charge is 2.51. The second kappa shape index (κ2) is 11.0.